The number of urea groups is 1. The summed E-state index contributed by atoms with van der Waals surface area (Å²) < 4.78 is 38.8. The van der Waals surface area contributed by atoms with Crippen LogP contribution in [0, 0.1) is 5.92 Å². The number of nitrogens with one attached hydrogen (secondary N) is 1. The van der Waals surface area contributed by atoms with Crippen LogP contribution in [0.4, 0.5) is 23.7 Å². The number of carbonyl (C=O) groups excluding carboxylic acids is 1. The van der Waals surface area contributed by atoms with Crippen molar-refractivity contribution >= 4 is 11.7 Å². The first-order valence-electron chi connectivity index (χ1n) is 7.65. The van der Waals surface area contributed by atoms with Gasteiger partial charge >= 0.3 is 12.2 Å². The molecule has 4 nitrogen and oxygen atoms in total. The minimum absolute atomic E-state index is 0.0302. The molecule has 1 aromatic rings. The number of amides is 2. The van der Waals surface area contributed by atoms with E-state index in [0.29, 0.717) is 13.0 Å². The van der Waals surface area contributed by atoms with Crippen LogP contribution < -0.4 is 5.32 Å². The molecule has 0 saturated heterocycles. The number of aliphatic hydroxyl groups excluding tert-OH is 1. The molecule has 128 valence electrons. The Morgan fingerprint density at radius 1 is 1.30 bits per heavy atom. The summed E-state index contributed by atoms with van der Waals surface area (Å²) in [5, 5.41) is 12.2. The number of hydrogen-bond acceptors (Lipinski definition) is 2. The Balaban J connectivity index is 2.01. The minimum Gasteiger partial charge on any atom is -0.393 e. The number of benzene rings is 1. The van der Waals surface area contributed by atoms with Gasteiger partial charge in [-0.15, -0.1) is 0 Å². The molecule has 0 aromatic heterocycles. The molecule has 0 spiro atoms. The second-order valence-electron chi connectivity index (χ2n) is 5.97. The zero-order valence-electron chi connectivity index (χ0n) is 12.9. The lowest BCUT2D eigenvalue weighted by atomic mass is 9.86. The molecule has 1 aromatic carbocycles. The second kappa shape index (κ2) is 7.21. The second-order valence-corrected chi connectivity index (χ2v) is 5.97. The van der Waals surface area contributed by atoms with E-state index in [9.17, 15) is 23.1 Å². The van der Waals surface area contributed by atoms with Gasteiger partial charge in [0, 0.05) is 19.5 Å². The number of hydrogen-bond donors (Lipinski definition) is 2. The number of rotatable bonds is 3. The third kappa shape index (κ3) is 4.60. The van der Waals surface area contributed by atoms with Crippen molar-refractivity contribution in [3.63, 3.8) is 0 Å². The van der Waals surface area contributed by atoms with Crippen LogP contribution in [0.3, 0.4) is 0 Å². The standard InChI is InChI=1S/C16H21F3N2O2/c1-21(10-11-6-2-5-9-14(11)22)15(23)20-13-8-4-3-7-12(13)16(17,18)19/h3-4,7-8,11,14,22H,2,5-6,9-10H2,1H3,(H,20,23). The quantitative estimate of drug-likeness (QED) is 0.887. The van der Waals surface area contributed by atoms with Crippen molar-refractivity contribution in [3.8, 4) is 0 Å². The molecule has 0 radical (unpaired) electrons. The van der Waals surface area contributed by atoms with Crippen LogP contribution >= 0.6 is 0 Å². The Labute approximate surface area is 133 Å². The SMILES string of the molecule is CN(CC1CCCCC1O)C(=O)Nc1ccccc1C(F)(F)F. The third-order valence-corrected chi connectivity index (χ3v) is 4.20. The van der Waals surface area contributed by atoms with Crippen molar-refractivity contribution in [2.24, 2.45) is 5.92 Å². The van der Waals surface area contributed by atoms with Gasteiger partial charge < -0.3 is 15.3 Å². The van der Waals surface area contributed by atoms with Crippen molar-refractivity contribution < 1.29 is 23.1 Å². The largest absolute Gasteiger partial charge is 0.418 e. The molecular weight excluding hydrogens is 309 g/mol. The van der Waals surface area contributed by atoms with Gasteiger partial charge in [-0.25, -0.2) is 4.79 Å². The molecule has 23 heavy (non-hydrogen) atoms. The first-order chi connectivity index (χ1) is 10.8. The summed E-state index contributed by atoms with van der Waals surface area (Å²) in [6.07, 6.45) is -1.50. The highest BCUT2D eigenvalue weighted by molar-refractivity contribution is 5.90. The van der Waals surface area contributed by atoms with E-state index in [1.807, 2.05) is 0 Å². The summed E-state index contributed by atoms with van der Waals surface area (Å²) in [6, 6.07) is 4.26. The number of aliphatic hydroxyl groups is 1. The van der Waals surface area contributed by atoms with Crippen LogP contribution in [0.15, 0.2) is 24.3 Å². The molecule has 7 heteroatoms. The van der Waals surface area contributed by atoms with Gasteiger partial charge in [-0.3, -0.25) is 0 Å². The number of nitrogens with zero attached hydrogens (tertiary/aromatic N) is 1. The van der Waals surface area contributed by atoms with Gasteiger partial charge in [-0.2, -0.15) is 13.2 Å². The lowest BCUT2D eigenvalue weighted by molar-refractivity contribution is -0.136. The van der Waals surface area contributed by atoms with Crippen LogP contribution in [0.1, 0.15) is 31.2 Å². The van der Waals surface area contributed by atoms with E-state index in [2.05, 4.69) is 5.32 Å². The Morgan fingerprint density at radius 2 is 1.96 bits per heavy atom. The van der Waals surface area contributed by atoms with Gasteiger partial charge in [-0.05, 0) is 25.0 Å². The highest BCUT2D eigenvalue weighted by Crippen LogP contribution is 2.34. The van der Waals surface area contributed by atoms with Crippen molar-refractivity contribution in [1.82, 2.24) is 4.90 Å². The lowest BCUT2D eigenvalue weighted by Gasteiger charge is -2.31. The maximum atomic E-state index is 12.9. The van der Waals surface area contributed by atoms with Crippen LogP contribution in [0.25, 0.3) is 0 Å². The van der Waals surface area contributed by atoms with Gasteiger partial charge in [0.15, 0.2) is 0 Å². The van der Waals surface area contributed by atoms with Gasteiger partial charge in [0.25, 0.3) is 0 Å². The zero-order chi connectivity index (χ0) is 17.0. The smallest absolute Gasteiger partial charge is 0.393 e. The molecule has 1 fully saturated rings. The van der Waals surface area contributed by atoms with Gasteiger partial charge in [0.05, 0.1) is 17.4 Å². The number of halogens is 3. The fourth-order valence-electron chi connectivity index (χ4n) is 2.89. The molecule has 1 aliphatic rings. The summed E-state index contributed by atoms with van der Waals surface area (Å²) in [5.74, 6) is -0.0302. The topological polar surface area (TPSA) is 52.6 Å². The summed E-state index contributed by atoms with van der Waals surface area (Å²) in [4.78, 5) is 13.5. The lowest BCUT2D eigenvalue weighted by Crippen LogP contribution is -2.40. The molecular formula is C16H21F3N2O2. The zero-order valence-corrected chi connectivity index (χ0v) is 12.9. The Hall–Kier alpha value is -1.76. The fourth-order valence-corrected chi connectivity index (χ4v) is 2.89. The van der Waals surface area contributed by atoms with Gasteiger partial charge in [0.1, 0.15) is 0 Å². The van der Waals surface area contributed by atoms with E-state index in [1.165, 1.54) is 30.1 Å². The van der Waals surface area contributed by atoms with Crippen LogP contribution in [0.2, 0.25) is 0 Å². The predicted molar refractivity (Wildman–Crippen MR) is 81.1 cm³/mol. The van der Waals surface area contributed by atoms with E-state index in [1.54, 1.807) is 0 Å². The molecule has 1 saturated carbocycles. The summed E-state index contributed by atoms with van der Waals surface area (Å²) in [5.41, 5.74) is -1.14. The summed E-state index contributed by atoms with van der Waals surface area (Å²) in [6.45, 7) is 0.321. The van der Waals surface area contributed by atoms with E-state index >= 15 is 0 Å². The van der Waals surface area contributed by atoms with E-state index < -0.39 is 23.9 Å². The van der Waals surface area contributed by atoms with E-state index in [0.717, 1.165) is 25.3 Å². The maximum Gasteiger partial charge on any atom is 0.418 e. The summed E-state index contributed by atoms with van der Waals surface area (Å²) >= 11 is 0. The Kier molecular flexibility index (Phi) is 5.51. The maximum absolute atomic E-state index is 12.9. The average molecular weight is 330 g/mol. The van der Waals surface area contributed by atoms with Crippen LogP contribution in [0.5, 0.6) is 0 Å². The van der Waals surface area contributed by atoms with Crippen LogP contribution in [-0.2, 0) is 6.18 Å². The van der Waals surface area contributed by atoms with Crippen LogP contribution in [-0.4, -0.2) is 35.7 Å². The molecule has 2 rings (SSSR count). The van der Waals surface area contributed by atoms with E-state index in [-0.39, 0.29) is 11.6 Å². The highest BCUT2D eigenvalue weighted by Gasteiger charge is 2.34. The summed E-state index contributed by atoms with van der Waals surface area (Å²) in [7, 11) is 1.52. The van der Waals surface area contributed by atoms with Crippen molar-refractivity contribution in [1.29, 1.82) is 0 Å². The van der Waals surface area contributed by atoms with Gasteiger partial charge in [0.2, 0.25) is 0 Å². The molecule has 2 N–H and O–H groups in total. The highest BCUT2D eigenvalue weighted by atomic mass is 19.4. The Morgan fingerprint density at radius 3 is 2.61 bits per heavy atom. The fraction of sp³-hybridized carbons (Fsp3) is 0.562. The molecule has 2 unspecified atom stereocenters. The van der Waals surface area contributed by atoms with Crippen molar-refractivity contribution in [3.05, 3.63) is 29.8 Å². The molecule has 0 bridgehead atoms. The molecule has 0 heterocycles. The van der Waals surface area contributed by atoms with Crippen molar-refractivity contribution in [2.75, 3.05) is 18.9 Å². The molecule has 1 aliphatic carbocycles. The van der Waals surface area contributed by atoms with Crippen molar-refractivity contribution in [2.45, 2.75) is 38.0 Å². The number of para-hydroxylation sites is 1. The first kappa shape index (κ1) is 17.6. The average Bonchev–Trinajstić information content (AvgIpc) is 2.49. The van der Waals surface area contributed by atoms with Gasteiger partial charge in [-0.1, -0.05) is 25.0 Å². The Bertz CT molecular complexity index is 548. The normalized spacial score (nSPS) is 21.8. The third-order valence-electron chi connectivity index (χ3n) is 4.20. The molecule has 0 aliphatic heterocycles. The van der Waals surface area contributed by atoms with E-state index in [4.69, 9.17) is 0 Å². The number of alkyl halides is 3. The number of carbonyl (C=O) groups is 1. The predicted octanol–water partition coefficient (Wildman–Crippen LogP) is 3.72. The number of anilines is 1. The monoisotopic (exact) mass is 330 g/mol. The first-order valence-corrected chi connectivity index (χ1v) is 7.65. The molecule has 2 amide bonds. The minimum atomic E-state index is -4.53. The molecule has 2 atom stereocenters.